The van der Waals surface area contributed by atoms with Gasteiger partial charge in [-0.3, -0.25) is 4.79 Å². The third-order valence-electron chi connectivity index (χ3n) is 5.23. The Labute approximate surface area is 176 Å². The van der Waals surface area contributed by atoms with Gasteiger partial charge in [0.25, 0.3) is 0 Å². The summed E-state index contributed by atoms with van der Waals surface area (Å²) in [4.78, 5) is 23.6. The number of hydrogen-bond acceptors (Lipinski definition) is 4. The number of thioether (sulfide) groups is 1. The second kappa shape index (κ2) is 10.5. The zero-order valence-electron chi connectivity index (χ0n) is 16.7. The van der Waals surface area contributed by atoms with Gasteiger partial charge in [-0.1, -0.05) is 42.4 Å². The predicted octanol–water partition coefficient (Wildman–Crippen LogP) is 3.30. The normalized spacial score (nSPS) is 23.7. The summed E-state index contributed by atoms with van der Waals surface area (Å²) in [5.41, 5.74) is 2.83. The van der Waals surface area contributed by atoms with E-state index < -0.39 is 0 Å². The maximum atomic E-state index is 12.2. The Kier molecular flexibility index (Phi) is 7.77. The average Bonchev–Trinajstić information content (AvgIpc) is 3.24. The van der Waals surface area contributed by atoms with Crippen molar-refractivity contribution >= 4 is 35.5 Å². The Bertz CT molecular complexity index is 776. The van der Waals surface area contributed by atoms with Crippen molar-refractivity contribution in [3.63, 3.8) is 0 Å². The first kappa shape index (κ1) is 21.5. The van der Waals surface area contributed by atoms with E-state index in [0.29, 0.717) is 11.7 Å². The SMILES string of the molecule is CC(=C/CO)/C=C/c1ccc(NC(=O)CCCC[C@@H]2SC[C@@H]3NC(=O)N[C@@H]32)cc1. The van der Waals surface area contributed by atoms with E-state index in [-0.39, 0.29) is 30.6 Å². The van der Waals surface area contributed by atoms with Crippen LogP contribution in [-0.4, -0.2) is 46.7 Å². The number of amides is 3. The topological polar surface area (TPSA) is 90.5 Å². The second-order valence-corrected chi connectivity index (χ2v) is 8.77. The molecule has 1 aromatic carbocycles. The first-order valence-corrected chi connectivity index (χ1v) is 11.1. The second-order valence-electron chi connectivity index (χ2n) is 7.50. The van der Waals surface area contributed by atoms with Crippen LogP contribution in [0, 0.1) is 0 Å². The van der Waals surface area contributed by atoms with E-state index in [1.54, 1.807) is 6.08 Å². The molecule has 3 rings (SSSR count). The van der Waals surface area contributed by atoms with Gasteiger partial charge in [-0.25, -0.2) is 4.79 Å². The molecule has 0 saturated carbocycles. The molecule has 7 heteroatoms. The summed E-state index contributed by atoms with van der Waals surface area (Å²) in [5, 5.41) is 18.2. The third-order valence-corrected chi connectivity index (χ3v) is 6.74. The molecule has 6 nitrogen and oxygen atoms in total. The first-order valence-electron chi connectivity index (χ1n) is 10.1. The smallest absolute Gasteiger partial charge is 0.315 e. The molecule has 2 fully saturated rings. The lowest BCUT2D eigenvalue weighted by molar-refractivity contribution is -0.116. The summed E-state index contributed by atoms with van der Waals surface area (Å²) in [5.74, 6) is 1.000. The Morgan fingerprint density at radius 2 is 2.07 bits per heavy atom. The summed E-state index contributed by atoms with van der Waals surface area (Å²) in [6.45, 7) is 1.97. The zero-order chi connectivity index (χ0) is 20.6. The van der Waals surface area contributed by atoms with Crippen LogP contribution in [0.3, 0.4) is 0 Å². The molecule has 0 spiro atoms. The van der Waals surface area contributed by atoms with Gasteiger partial charge in [0.1, 0.15) is 0 Å². The lowest BCUT2D eigenvalue weighted by atomic mass is 10.0. The molecule has 29 heavy (non-hydrogen) atoms. The van der Waals surface area contributed by atoms with Crippen molar-refractivity contribution < 1.29 is 14.7 Å². The van der Waals surface area contributed by atoms with Gasteiger partial charge in [0.15, 0.2) is 0 Å². The number of urea groups is 1. The number of carbonyl (C=O) groups excluding carboxylic acids is 2. The Balaban J connectivity index is 1.35. The molecule has 2 heterocycles. The molecule has 2 aliphatic rings. The van der Waals surface area contributed by atoms with Crippen LogP contribution >= 0.6 is 11.8 Å². The van der Waals surface area contributed by atoms with Gasteiger partial charge in [0, 0.05) is 23.1 Å². The molecule has 0 radical (unpaired) electrons. The fourth-order valence-corrected chi connectivity index (χ4v) is 5.16. The molecule has 0 unspecified atom stereocenters. The Hall–Kier alpha value is -2.25. The third kappa shape index (κ3) is 6.37. The minimum absolute atomic E-state index is 0.0304. The summed E-state index contributed by atoms with van der Waals surface area (Å²) < 4.78 is 0. The molecule has 2 saturated heterocycles. The zero-order valence-corrected chi connectivity index (χ0v) is 17.5. The van der Waals surface area contributed by atoms with Crippen LogP contribution in [0.4, 0.5) is 10.5 Å². The van der Waals surface area contributed by atoms with E-state index in [0.717, 1.165) is 41.8 Å². The van der Waals surface area contributed by atoms with Crippen LogP contribution in [0.15, 0.2) is 42.0 Å². The van der Waals surface area contributed by atoms with Gasteiger partial charge in [-0.05, 0) is 37.5 Å². The van der Waals surface area contributed by atoms with Crippen LogP contribution in [0.5, 0.6) is 0 Å². The van der Waals surface area contributed by atoms with Gasteiger partial charge in [0.05, 0.1) is 18.7 Å². The summed E-state index contributed by atoms with van der Waals surface area (Å²) >= 11 is 1.91. The van der Waals surface area contributed by atoms with Crippen molar-refractivity contribution in [1.29, 1.82) is 0 Å². The highest BCUT2D eigenvalue weighted by atomic mass is 32.2. The molecule has 156 valence electrons. The standard InChI is InChI=1S/C22H29N3O3S/c1-15(12-13-26)6-7-16-8-10-17(11-9-16)23-20(27)5-3-2-4-19-21-18(14-29-19)24-22(28)25-21/h6-12,18-19,21,26H,2-5,13-14H2,1H3,(H,23,27)(H2,24,25,28)/b7-6+,15-12-/t18-,19-,21-/m0/s1. The molecule has 4 N–H and O–H groups in total. The number of nitrogens with one attached hydrogen (secondary N) is 3. The van der Waals surface area contributed by atoms with Crippen molar-refractivity contribution in [1.82, 2.24) is 10.6 Å². The van der Waals surface area contributed by atoms with Crippen LogP contribution in [0.25, 0.3) is 6.08 Å². The van der Waals surface area contributed by atoms with Gasteiger partial charge in [-0.2, -0.15) is 11.8 Å². The van der Waals surface area contributed by atoms with Crippen molar-refractivity contribution in [2.24, 2.45) is 0 Å². The van der Waals surface area contributed by atoms with E-state index in [2.05, 4.69) is 16.0 Å². The Morgan fingerprint density at radius 3 is 2.83 bits per heavy atom. The average molecular weight is 416 g/mol. The molecule has 0 aromatic heterocycles. The molecule has 2 aliphatic heterocycles. The van der Waals surface area contributed by atoms with Crippen LogP contribution in [0.1, 0.15) is 38.2 Å². The van der Waals surface area contributed by atoms with E-state index in [1.807, 2.05) is 55.1 Å². The number of allylic oxidation sites excluding steroid dienone is 2. The number of rotatable bonds is 9. The number of aliphatic hydroxyl groups is 1. The fourth-order valence-electron chi connectivity index (χ4n) is 3.61. The molecular weight excluding hydrogens is 386 g/mol. The number of carbonyl (C=O) groups is 2. The number of hydrogen-bond donors (Lipinski definition) is 4. The van der Waals surface area contributed by atoms with Crippen molar-refractivity contribution in [3.05, 3.63) is 47.6 Å². The van der Waals surface area contributed by atoms with Crippen molar-refractivity contribution in [2.75, 3.05) is 17.7 Å². The van der Waals surface area contributed by atoms with Gasteiger partial charge >= 0.3 is 6.03 Å². The summed E-state index contributed by atoms with van der Waals surface area (Å²) in [7, 11) is 0. The monoisotopic (exact) mass is 415 g/mol. The van der Waals surface area contributed by atoms with E-state index in [4.69, 9.17) is 5.11 Å². The highest BCUT2D eigenvalue weighted by Crippen LogP contribution is 2.33. The minimum atomic E-state index is -0.0528. The maximum Gasteiger partial charge on any atom is 0.315 e. The number of anilines is 1. The molecule has 3 amide bonds. The molecule has 0 bridgehead atoms. The molecule has 1 aromatic rings. The summed E-state index contributed by atoms with van der Waals surface area (Å²) in [6.07, 6.45) is 9.01. The lowest BCUT2D eigenvalue weighted by Gasteiger charge is -2.16. The van der Waals surface area contributed by atoms with Crippen LogP contribution < -0.4 is 16.0 Å². The largest absolute Gasteiger partial charge is 0.392 e. The predicted molar refractivity (Wildman–Crippen MR) is 119 cm³/mol. The van der Waals surface area contributed by atoms with Crippen molar-refractivity contribution in [3.8, 4) is 0 Å². The lowest BCUT2D eigenvalue weighted by Crippen LogP contribution is -2.36. The van der Waals surface area contributed by atoms with Gasteiger partial charge < -0.3 is 21.1 Å². The quantitative estimate of drug-likeness (QED) is 0.283. The van der Waals surface area contributed by atoms with Gasteiger partial charge in [0.2, 0.25) is 5.91 Å². The molecule has 3 atom stereocenters. The number of aliphatic hydroxyl groups excluding tert-OH is 1. The van der Waals surface area contributed by atoms with Crippen LogP contribution in [0.2, 0.25) is 0 Å². The summed E-state index contributed by atoms with van der Waals surface area (Å²) in [6, 6.07) is 8.14. The van der Waals surface area contributed by atoms with Crippen molar-refractivity contribution in [2.45, 2.75) is 49.9 Å². The highest BCUT2D eigenvalue weighted by Gasteiger charge is 2.42. The molecule has 0 aliphatic carbocycles. The fraction of sp³-hybridized carbons (Fsp3) is 0.455. The number of fused-ring (bicyclic) bond motifs is 1. The van der Waals surface area contributed by atoms with Gasteiger partial charge in [-0.15, -0.1) is 0 Å². The Morgan fingerprint density at radius 1 is 1.28 bits per heavy atom. The van der Waals surface area contributed by atoms with E-state index >= 15 is 0 Å². The van der Waals surface area contributed by atoms with Crippen LogP contribution in [-0.2, 0) is 4.79 Å². The van der Waals surface area contributed by atoms with E-state index in [9.17, 15) is 9.59 Å². The highest BCUT2D eigenvalue weighted by molar-refractivity contribution is 8.00. The van der Waals surface area contributed by atoms with E-state index in [1.165, 1.54) is 0 Å². The molecular formula is C22H29N3O3S. The minimum Gasteiger partial charge on any atom is -0.392 e. The number of benzene rings is 1. The maximum absolute atomic E-state index is 12.2. The number of unbranched alkanes of at least 4 members (excludes halogenated alkanes) is 1. The first-order chi connectivity index (χ1) is 14.0.